The summed E-state index contributed by atoms with van der Waals surface area (Å²) in [5.74, 6) is 0.124. The van der Waals surface area contributed by atoms with E-state index in [1.807, 2.05) is 49.4 Å². The fraction of sp³-hybridized carbons (Fsp3) is 0.320. The van der Waals surface area contributed by atoms with Gasteiger partial charge >= 0.3 is 0 Å². The third-order valence-corrected chi connectivity index (χ3v) is 6.65. The number of carbonyl (C=O) groups excluding carboxylic acids is 3. The lowest BCUT2D eigenvalue weighted by molar-refractivity contribution is -0.136. The molecule has 2 heterocycles. The van der Waals surface area contributed by atoms with E-state index in [9.17, 15) is 14.4 Å². The van der Waals surface area contributed by atoms with Crippen molar-refractivity contribution in [3.05, 3.63) is 70.1 Å². The minimum Gasteiger partial charge on any atom is -0.491 e. The van der Waals surface area contributed by atoms with Gasteiger partial charge in [0.2, 0.25) is 5.91 Å². The molecule has 0 radical (unpaired) electrons. The number of fused-ring (bicyclic) bond motifs is 1. The molecule has 2 aliphatic heterocycles. The smallest absolute Gasteiger partial charge is 0.294 e. The lowest BCUT2D eigenvalue weighted by Gasteiger charge is -2.29. The zero-order valence-corrected chi connectivity index (χ0v) is 19.1. The van der Waals surface area contributed by atoms with Gasteiger partial charge in [0.25, 0.3) is 11.1 Å². The second-order valence-corrected chi connectivity index (χ2v) is 9.00. The lowest BCUT2D eigenvalue weighted by atomic mass is 10.00. The number of thioether (sulfide) groups is 1. The minimum absolute atomic E-state index is 0.128. The van der Waals surface area contributed by atoms with Crippen LogP contribution < -0.4 is 4.74 Å². The first kappa shape index (κ1) is 22.1. The van der Waals surface area contributed by atoms with Crippen LogP contribution in [0.1, 0.15) is 37.0 Å². The molecular formula is C25H26N2O4S. The van der Waals surface area contributed by atoms with Gasteiger partial charge in [0, 0.05) is 13.1 Å². The van der Waals surface area contributed by atoms with Gasteiger partial charge < -0.3 is 9.64 Å². The van der Waals surface area contributed by atoms with E-state index in [0.29, 0.717) is 18.0 Å². The molecule has 7 heteroatoms. The molecule has 1 atom stereocenters. The van der Waals surface area contributed by atoms with E-state index in [0.717, 1.165) is 46.4 Å². The van der Waals surface area contributed by atoms with E-state index >= 15 is 0 Å². The molecule has 0 unspecified atom stereocenters. The summed E-state index contributed by atoms with van der Waals surface area (Å²) in [7, 11) is 0. The number of carbonyl (C=O) groups is 3. The molecule has 2 aromatic rings. The molecule has 4 rings (SSSR count). The SMILES string of the molecule is CC[C@H](C)Oc1ccc(/C=C2\SC(=O)N(CC(=O)N3CCc4ccccc4C3)C2=O)cc1. The Labute approximate surface area is 192 Å². The number of rotatable bonds is 6. The van der Waals surface area contributed by atoms with E-state index in [4.69, 9.17) is 4.74 Å². The van der Waals surface area contributed by atoms with Crippen LogP contribution in [0.2, 0.25) is 0 Å². The Morgan fingerprint density at radius 1 is 1.12 bits per heavy atom. The fourth-order valence-corrected chi connectivity index (χ4v) is 4.53. The predicted octanol–water partition coefficient (Wildman–Crippen LogP) is 4.49. The van der Waals surface area contributed by atoms with Crippen LogP contribution in [0.25, 0.3) is 6.08 Å². The maximum atomic E-state index is 12.8. The number of amides is 3. The van der Waals surface area contributed by atoms with Crippen LogP contribution in [-0.4, -0.2) is 46.0 Å². The Bertz CT molecular complexity index is 1060. The van der Waals surface area contributed by atoms with E-state index in [1.165, 1.54) is 5.56 Å². The van der Waals surface area contributed by atoms with Crippen molar-refractivity contribution in [2.45, 2.75) is 39.3 Å². The largest absolute Gasteiger partial charge is 0.491 e. The summed E-state index contributed by atoms with van der Waals surface area (Å²) in [5.41, 5.74) is 3.15. The van der Waals surface area contributed by atoms with Gasteiger partial charge in [0.05, 0.1) is 11.0 Å². The highest BCUT2D eigenvalue weighted by molar-refractivity contribution is 8.18. The number of nitrogens with zero attached hydrogens (tertiary/aromatic N) is 2. The van der Waals surface area contributed by atoms with Crippen LogP contribution in [-0.2, 0) is 22.6 Å². The third-order valence-electron chi connectivity index (χ3n) is 5.74. The molecular weight excluding hydrogens is 424 g/mol. The first-order valence-electron chi connectivity index (χ1n) is 10.8. The molecule has 32 heavy (non-hydrogen) atoms. The van der Waals surface area contributed by atoms with E-state index < -0.39 is 11.1 Å². The molecule has 0 bridgehead atoms. The van der Waals surface area contributed by atoms with Gasteiger partial charge in [-0.1, -0.05) is 43.3 Å². The van der Waals surface area contributed by atoms with E-state index in [1.54, 1.807) is 11.0 Å². The fourth-order valence-electron chi connectivity index (χ4n) is 3.69. The standard InChI is InChI=1S/C25H26N2O4S/c1-3-17(2)31-21-10-8-18(9-11-21)14-22-24(29)27(25(30)32-22)16-23(28)26-13-12-19-6-4-5-7-20(19)15-26/h4-11,14,17H,3,12-13,15-16H2,1-2H3/b22-14-/t17-/m0/s1. The van der Waals surface area contributed by atoms with Gasteiger partial charge in [-0.3, -0.25) is 19.3 Å². The summed E-state index contributed by atoms with van der Waals surface area (Å²) < 4.78 is 5.77. The summed E-state index contributed by atoms with van der Waals surface area (Å²) in [6, 6.07) is 15.4. The second-order valence-electron chi connectivity index (χ2n) is 8.01. The summed E-state index contributed by atoms with van der Waals surface area (Å²) >= 11 is 0.869. The highest BCUT2D eigenvalue weighted by Gasteiger charge is 2.37. The predicted molar refractivity (Wildman–Crippen MR) is 125 cm³/mol. The zero-order chi connectivity index (χ0) is 22.7. The Morgan fingerprint density at radius 2 is 1.84 bits per heavy atom. The highest BCUT2D eigenvalue weighted by Crippen LogP contribution is 2.32. The first-order valence-corrected chi connectivity index (χ1v) is 11.6. The molecule has 1 saturated heterocycles. The van der Waals surface area contributed by atoms with Crippen molar-refractivity contribution in [3.8, 4) is 5.75 Å². The van der Waals surface area contributed by atoms with Crippen molar-refractivity contribution in [1.82, 2.24) is 9.80 Å². The van der Waals surface area contributed by atoms with E-state index in [2.05, 4.69) is 13.0 Å². The van der Waals surface area contributed by atoms with Gasteiger partial charge in [-0.25, -0.2) is 0 Å². The molecule has 2 aromatic carbocycles. The van der Waals surface area contributed by atoms with Gasteiger partial charge in [-0.05, 0) is 66.4 Å². The molecule has 1 fully saturated rings. The number of benzene rings is 2. The van der Waals surface area contributed by atoms with Gasteiger partial charge in [-0.2, -0.15) is 0 Å². The molecule has 6 nitrogen and oxygen atoms in total. The monoisotopic (exact) mass is 450 g/mol. The number of ether oxygens (including phenoxy) is 1. The quantitative estimate of drug-likeness (QED) is 0.607. The van der Waals surface area contributed by atoms with Crippen molar-refractivity contribution >= 4 is 34.9 Å². The summed E-state index contributed by atoms with van der Waals surface area (Å²) in [4.78, 5) is 41.1. The van der Waals surface area contributed by atoms with Crippen molar-refractivity contribution in [1.29, 1.82) is 0 Å². The molecule has 0 aromatic heterocycles. The number of imide groups is 1. The van der Waals surface area contributed by atoms with E-state index in [-0.39, 0.29) is 18.6 Å². The molecule has 0 aliphatic carbocycles. The van der Waals surface area contributed by atoms with Crippen molar-refractivity contribution in [2.75, 3.05) is 13.1 Å². The van der Waals surface area contributed by atoms with Crippen LogP contribution in [0.15, 0.2) is 53.4 Å². The van der Waals surface area contributed by atoms with Crippen molar-refractivity contribution in [2.24, 2.45) is 0 Å². The summed E-state index contributed by atoms with van der Waals surface area (Å²) in [6.07, 6.45) is 3.50. The third kappa shape index (κ3) is 4.88. The van der Waals surface area contributed by atoms with Crippen LogP contribution in [0.3, 0.4) is 0 Å². The number of hydrogen-bond acceptors (Lipinski definition) is 5. The maximum Gasteiger partial charge on any atom is 0.294 e. The van der Waals surface area contributed by atoms with Crippen molar-refractivity contribution < 1.29 is 19.1 Å². The van der Waals surface area contributed by atoms with Gasteiger partial charge in [-0.15, -0.1) is 0 Å². The van der Waals surface area contributed by atoms with Gasteiger partial charge in [0.1, 0.15) is 12.3 Å². The maximum absolute atomic E-state index is 12.8. The Morgan fingerprint density at radius 3 is 2.56 bits per heavy atom. The topological polar surface area (TPSA) is 66.9 Å². The normalized spacial score (nSPS) is 18.1. The molecule has 0 saturated carbocycles. The zero-order valence-electron chi connectivity index (χ0n) is 18.2. The Kier molecular flexibility index (Phi) is 6.65. The molecule has 0 N–H and O–H groups in total. The highest BCUT2D eigenvalue weighted by atomic mass is 32.2. The molecule has 0 spiro atoms. The van der Waals surface area contributed by atoms with Crippen LogP contribution in [0.5, 0.6) is 5.75 Å². The average Bonchev–Trinajstić information content (AvgIpc) is 3.07. The molecule has 3 amide bonds. The first-order chi connectivity index (χ1) is 15.4. The Balaban J connectivity index is 1.40. The van der Waals surface area contributed by atoms with Crippen molar-refractivity contribution in [3.63, 3.8) is 0 Å². The molecule has 166 valence electrons. The lowest BCUT2D eigenvalue weighted by Crippen LogP contribution is -2.44. The average molecular weight is 451 g/mol. The Hall–Kier alpha value is -3.06. The van der Waals surface area contributed by atoms with Crippen LogP contribution in [0, 0.1) is 0 Å². The van der Waals surface area contributed by atoms with Crippen LogP contribution in [0.4, 0.5) is 4.79 Å². The number of hydrogen-bond donors (Lipinski definition) is 0. The second kappa shape index (κ2) is 9.61. The summed E-state index contributed by atoms with van der Waals surface area (Å²) in [6.45, 7) is 4.93. The van der Waals surface area contributed by atoms with Crippen LogP contribution >= 0.6 is 11.8 Å². The minimum atomic E-state index is -0.425. The van der Waals surface area contributed by atoms with Gasteiger partial charge in [0.15, 0.2) is 0 Å². The summed E-state index contributed by atoms with van der Waals surface area (Å²) in [5, 5.41) is -0.413. The molecule has 2 aliphatic rings.